The zero-order valence-electron chi connectivity index (χ0n) is 13.2. The van der Waals surface area contributed by atoms with Crippen molar-refractivity contribution in [3.8, 4) is 0 Å². The van der Waals surface area contributed by atoms with Crippen LogP contribution in [0.4, 0.5) is 5.69 Å². The van der Waals surface area contributed by atoms with Crippen molar-refractivity contribution in [2.45, 2.75) is 20.4 Å². The average molecular weight is 375 g/mol. The van der Waals surface area contributed by atoms with Crippen LogP contribution in [0, 0.1) is 6.92 Å². The van der Waals surface area contributed by atoms with E-state index >= 15 is 0 Å². The number of amides is 2. The molecule has 5 heteroatoms. The van der Waals surface area contributed by atoms with Gasteiger partial charge in [0.15, 0.2) is 0 Å². The second kappa shape index (κ2) is 7.92. The maximum Gasteiger partial charge on any atom is 0.240 e. The fourth-order valence-corrected chi connectivity index (χ4v) is 2.64. The van der Waals surface area contributed by atoms with Crippen LogP contribution in [0.3, 0.4) is 0 Å². The number of anilines is 1. The summed E-state index contributed by atoms with van der Waals surface area (Å²) in [6.45, 7) is 3.90. The Labute approximate surface area is 144 Å². The van der Waals surface area contributed by atoms with E-state index in [-0.39, 0.29) is 18.4 Å². The number of hydrogen-bond acceptors (Lipinski definition) is 2. The molecule has 120 valence electrons. The standard InChI is InChI=1S/C18H19BrN2O2/c1-13-7-9-15(10-8-13)11-20-18(23)12-21(14(2)22)17-6-4-3-5-16(17)19/h3-10H,11-12H2,1-2H3,(H,20,23). The first-order valence-electron chi connectivity index (χ1n) is 7.32. The quantitative estimate of drug-likeness (QED) is 0.871. The Morgan fingerprint density at radius 1 is 1.09 bits per heavy atom. The number of rotatable bonds is 5. The minimum atomic E-state index is -0.198. The van der Waals surface area contributed by atoms with Crippen LogP contribution in [-0.2, 0) is 16.1 Å². The van der Waals surface area contributed by atoms with Crippen LogP contribution in [0.2, 0.25) is 0 Å². The minimum Gasteiger partial charge on any atom is -0.350 e. The zero-order chi connectivity index (χ0) is 16.8. The molecule has 0 aromatic heterocycles. The maximum absolute atomic E-state index is 12.2. The summed E-state index contributed by atoms with van der Waals surface area (Å²) in [5, 5.41) is 2.84. The lowest BCUT2D eigenvalue weighted by atomic mass is 10.1. The summed E-state index contributed by atoms with van der Waals surface area (Å²) in [4.78, 5) is 25.5. The third-order valence-electron chi connectivity index (χ3n) is 3.44. The summed E-state index contributed by atoms with van der Waals surface area (Å²) in [6.07, 6.45) is 0. The van der Waals surface area contributed by atoms with Gasteiger partial charge in [-0.1, -0.05) is 42.0 Å². The maximum atomic E-state index is 12.2. The van der Waals surface area contributed by atoms with Gasteiger partial charge >= 0.3 is 0 Å². The first-order valence-corrected chi connectivity index (χ1v) is 8.11. The van der Waals surface area contributed by atoms with Crippen LogP contribution >= 0.6 is 15.9 Å². The summed E-state index contributed by atoms with van der Waals surface area (Å²) in [7, 11) is 0. The van der Waals surface area contributed by atoms with E-state index in [1.807, 2.05) is 49.4 Å². The number of nitrogens with zero attached hydrogens (tertiary/aromatic N) is 1. The molecule has 4 nitrogen and oxygen atoms in total. The number of halogens is 1. The molecule has 0 unspecified atom stereocenters. The highest BCUT2D eigenvalue weighted by Crippen LogP contribution is 2.25. The molecule has 0 aliphatic carbocycles. The number of hydrogen-bond donors (Lipinski definition) is 1. The van der Waals surface area contributed by atoms with Gasteiger partial charge in [0.1, 0.15) is 6.54 Å². The van der Waals surface area contributed by atoms with Crippen molar-refractivity contribution >= 4 is 33.4 Å². The van der Waals surface area contributed by atoms with Gasteiger partial charge in [0.25, 0.3) is 0 Å². The smallest absolute Gasteiger partial charge is 0.240 e. The summed E-state index contributed by atoms with van der Waals surface area (Å²) in [5.41, 5.74) is 2.89. The molecule has 2 aromatic rings. The lowest BCUT2D eigenvalue weighted by Gasteiger charge is -2.22. The number of para-hydroxylation sites is 1. The minimum absolute atomic E-state index is 0.0101. The molecule has 1 N–H and O–H groups in total. The van der Waals surface area contributed by atoms with Gasteiger partial charge < -0.3 is 10.2 Å². The van der Waals surface area contributed by atoms with E-state index in [1.54, 1.807) is 6.07 Å². The summed E-state index contributed by atoms with van der Waals surface area (Å²) in [5.74, 6) is -0.376. The second-order valence-corrected chi connectivity index (χ2v) is 6.17. The molecule has 2 amide bonds. The molecule has 0 saturated heterocycles. The molecule has 0 aliphatic rings. The summed E-state index contributed by atoms with van der Waals surface area (Å²) in [6, 6.07) is 15.3. The van der Waals surface area contributed by atoms with E-state index in [2.05, 4.69) is 21.2 Å². The highest BCUT2D eigenvalue weighted by Gasteiger charge is 2.17. The third kappa shape index (κ3) is 4.93. The summed E-state index contributed by atoms with van der Waals surface area (Å²) < 4.78 is 0.779. The van der Waals surface area contributed by atoms with Crippen molar-refractivity contribution in [2.24, 2.45) is 0 Å². The first-order chi connectivity index (χ1) is 11.0. The molecule has 2 rings (SSSR count). The van der Waals surface area contributed by atoms with E-state index in [4.69, 9.17) is 0 Å². The number of nitrogens with one attached hydrogen (secondary N) is 1. The molecule has 0 saturated carbocycles. The van der Waals surface area contributed by atoms with Crippen molar-refractivity contribution in [1.29, 1.82) is 0 Å². The van der Waals surface area contributed by atoms with Gasteiger partial charge in [-0.15, -0.1) is 0 Å². The normalized spacial score (nSPS) is 10.2. The van der Waals surface area contributed by atoms with Crippen molar-refractivity contribution in [3.05, 3.63) is 64.1 Å². The highest BCUT2D eigenvalue weighted by atomic mass is 79.9. The number of benzene rings is 2. The SMILES string of the molecule is CC(=O)N(CC(=O)NCc1ccc(C)cc1)c1ccccc1Br. The van der Waals surface area contributed by atoms with Gasteiger partial charge in [-0.3, -0.25) is 9.59 Å². The van der Waals surface area contributed by atoms with Crippen LogP contribution in [0.25, 0.3) is 0 Å². The largest absolute Gasteiger partial charge is 0.350 e. The number of carbonyl (C=O) groups is 2. The van der Waals surface area contributed by atoms with Crippen molar-refractivity contribution in [3.63, 3.8) is 0 Å². The molecule has 0 fully saturated rings. The molecule has 0 radical (unpaired) electrons. The van der Waals surface area contributed by atoms with Gasteiger partial charge in [-0.25, -0.2) is 0 Å². The van der Waals surface area contributed by atoms with E-state index in [0.29, 0.717) is 12.2 Å². The molecule has 23 heavy (non-hydrogen) atoms. The van der Waals surface area contributed by atoms with Gasteiger partial charge in [-0.05, 0) is 40.5 Å². The molecule has 0 atom stereocenters. The Kier molecular flexibility index (Phi) is 5.93. The molecular weight excluding hydrogens is 356 g/mol. The van der Waals surface area contributed by atoms with Gasteiger partial charge in [0.05, 0.1) is 5.69 Å². The van der Waals surface area contributed by atoms with Gasteiger partial charge in [0.2, 0.25) is 11.8 Å². The fraction of sp³-hybridized carbons (Fsp3) is 0.222. The molecule has 2 aromatic carbocycles. The molecule has 0 aliphatic heterocycles. The summed E-state index contributed by atoms with van der Waals surface area (Å²) >= 11 is 3.41. The Hall–Kier alpha value is -2.14. The lowest BCUT2D eigenvalue weighted by molar-refractivity contribution is -0.123. The number of carbonyl (C=O) groups excluding carboxylic acids is 2. The molecule has 0 spiro atoms. The fourth-order valence-electron chi connectivity index (χ4n) is 2.14. The topological polar surface area (TPSA) is 49.4 Å². The highest BCUT2D eigenvalue weighted by molar-refractivity contribution is 9.10. The Balaban J connectivity index is 2.00. The Morgan fingerprint density at radius 2 is 1.74 bits per heavy atom. The van der Waals surface area contributed by atoms with E-state index in [1.165, 1.54) is 17.4 Å². The van der Waals surface area contributed by atoms with Crippen LogP contribution in [0.15, 0.2) is 53.0 Å². The van der Waals surface area contributed by atoms with E-state index in [9.17, 15) is 9.59 Å². The zero-order valence-corrected chi connectivity index (χ0v) is 14.8. The second-order valence-electron chi connectivity index (χ2n) is 5.32. The molecular formula is C18H19BrN2O2. The van der Waals surface area contributed by atoms with Crippen molar-refractivity contribution in [2.75, 3.05) is 11.4 Å². The van der Waals surface area contributed by atoms with Gasteiger partial charge in [0, 0.05) is 17.9 Å². The molecule has 0 bridgehead atoms. The van der Waals surface area contributed by atoms with E-state index < -0.39 is 0 Å². The Morgan fingerprint density at radius 3 is 2.35 bits per heavy atom. The molecule has 0 heterocycles. The number of aryl methyl sites for hydroxylation is 1. The van der Waals surface area contributed by atoms with Crippen molar-refractivity contribution < 1.29 is 9.59 Å². The third-order valence-corrected chi connectivity index (χ3v) is 4.11. The van der Waals surface area contributed by atoms with Crippen LogP contribution in [0.1, 0.15) is 18.1 Å². The van der Waals surface area contributed by atoms with E-state index in [0.717, 1.165) is 10.0 Å². The predicted octanol–water partition coefficient (Wildman–Crippen LogP) is 3.43. The van der Waals surface area contributed by atoms with Gasteiger partial charge in [-0.2, -0.15) is 0 Å². The van der Waals surface area contributed by atoms with Crippen LogP contribution < -0.4 is 10.2 Å². The monoisotopic (exact) mass is 374 g/mol. The average Bonchev–Trinajstić information content (AvgIpc) is 2.52. The lowest BCUT2D eigenvalue weighted by Crippen LogP contribution is -2.39. The van der Waals surface area contributed by atoms with Crippen molar-refractivity contribution in [1.82, 2.24) is 5.32 Å². The Bertz CT molecular complexity index is 698. The van der Waals surface area contributed by atoms with Crippen LogP contribution in [0.5, 0.6) is 0 Å². The van der Waals surface area contributed by atoms with Crippen LogP contribution in [-0.4, -0.2) is 18.4 Å². The predicted molar refractivity (Wildman–Crippen MR) is 95.2 cm³/mol. The first kappa shape index (κ1) is 17.2.